The van der Waals surface area contributed by atoms with Gasteiger partial charge < -0.3 is 9.64 Å². The largest absolute Gasteiger partial charge is 0.380 e. The van der Waals surface area contributed by atoms with E-state index in [-0.39, 0.29) is 18.1 Å². The van der Waals surface area contributed by atoms with Crippen molar-refractivity contribution in [2.75, 3.05) is 52.9 Å². The number of ether oxygens (including phenoxy) is 1. The Morgan fingerprint density at radius 3 is 2.52 bits per heavy atom. The number of likely N-dealkylation sites (tertiary alicyclic amines) is 1. The minimum absolute atomic E-state index is 0.0446. The van der Waals surface area contributed by atoms with Crippen molar-refractivity contribution in [3.8, 4) is 6.07 Å². The predicted molar refractivity (Wildman–Crippen MR) is 88.9 cm³/mol. The van der Waals surface area contributed by atoms with Gasteiger partial charge in [-0.3, -0.25) is 14.6 Å². The number of methoxy groups -OCH3 is 1. The van der Waals surface area contributed by atoms with E-state index in [1.165, 1.54) is 0 Å². The summed E-state index contributed by atoms with van der Waals surface area (Å²) in [5, 5.41) is 9.30. The Morgan fingerprint density at radius 1 is 1.26 bits per heavy atom. The van der Waals surface area contributed by atoms with Gasteiger partial charge in [0.25, 0.3) is 0 Å². The third-order valence-electron chi connectivity index (χ3n) is 4.98. The maximum Gasteiger partial charge on any atom is 0.236 e. The summed E-state index contributed by atoms with van der Waals surface area (Å²) >= 11 is 0. The maximum atomic E-state index is 12.5. The average molecular weight is 322 g/mol. The van der Waals surface area contributed by atoms with Gasteiger partial charge in [-0.05, 0) is 25.3 Å². The van der Waals surface area contributed by atoms with Crippen molar-refractivity contribution in [1.29, 1.82) is 5.26 Å². The number of rotatable bonds is 5. The molecule has 2 rings (SSSR count). The first-order valence-corrected chi connectivity index (χ1v) is 8.71. The van der Waals surface area contributed by atoms with Crippen LogP contribution in [-0.2, 0) is 9.53 Å². The van der Waals surface area contributed by atoms with Gasteiger partial charge in [-0.1, -0.05) is 13.8 Å². The topological polar surface area (TPSA) is 59.8 Å². The number of amides is 1. The quantitative estimate of drug-likeness (QED) is 0.749. The van der Waals surface area contributed by atoms with Crippen molar-refractivity contribution in [1.82, 2.24) is 14.7 Å². The lowest BCUT2D eigenvalue weighted by Gasteiger charge is -2.39. The van der Waals surface area contributed by atoms with E-state index in [9.17, 15) is 10.1 Å². The molecule has 0 N–H and O–H groups in total. The van der Waals surface area contributed by atoms with Gasteiger partial charge in [-0.2, -0.15) is 5.26 Å². The summed E-state index contributed by atoms with van der Waals surface area (Å²) in [4.78, 5) is 18.9. The molecule has 0 aromatic rings. The monoisotopic (exact) mass is 322 g/mol. The molecule has 2 saturated heterocycles. The third-order valence-corrected chi connectivity index (χ3v) is 4.98. The number of carbonyl (C=O) groups excluding carboxylic acids is 1. The Balaban J connectivity index is 1.78. The van der Waals surface area contributed by atoms with Gasteiger partial charge >= 0.3 is 0 Å². The summed E-state index contributed by atoms with van der Waals surface area (Å²) in [7, 11) is 1.75. The molecule has 0 aliphatic carbocycles. The summed E-state index contributed by atoms with van der Waals surface area (Å²) in [6.45, 7) is 9.53. The fourth-order valence-electron chi connectivity index (χ4n) is 3.54. The van der Waals surface area contributed by atoms with Crippen LogP contribution >= 0.6 is 0 Å². The summed E-state index contributed by atoms with van der Waals surface area (Å²) in [6.07, 6.45) is 2.44. The van der Waals surface area contributed by atoms with E-state index >= 15 is 0 Å². The van der Waals surface area contributed by atoms with E-state index in [4.69, 9.17) is 4.74 Å². The molecule has 2 atom stereocenters. The number of piperazine rings is 1. The Morgan fingerprint density at radius 2 is 1.96 bits per heavy atom. The van der Waals surface area contributed by atoms with Crippen molar-refractivity contribution in [3.05, 3.63) is 0 Å². The lowest BCUT2D eigenvalue weighted by molar-refractivity contribution is -0.135. The molecule has 0 aromatic carbocycles. The molecular weight excluding hydrogens is 292 g/mol. The van der Waals surface area contributed by atoms with Crippen molar-refractivity contribution in [2.45, 2.75) is 38.8 Å². The highest BCUT2D eigenvalue weighted by molar-refractivity contribution is 5.78. The van der Waals surface area contributed by atoms with E-state index in [0.717, 1.165) is 52.1 Å². The fourth-order valence-corrected chi connectivity index (χ4v) is 3.54. The summed E-state index contributed by atoms with van der Waals surface area (Å²) in [5.74, 6) is 0.529. The lowest BCUT2D eigenvalue weighted by Crippen LogP contribution is -2.55. The summed E-state index contributed by atoms with van der Waals surface area (Å²) < 4.78 is 5.42. The first-order valence-electron chi connectivity index (χ1n) is 8.71. The highest BCUT2D eigenvalue weighted by Gasteiger charge is 2.29. The first-order chi connectivity index (χ1) is 11.0. The molecule has 2 heterocycles. The highest BCUT2D eigenvalue weighted by atomic mass is 16.5. The lowest BCUT2D eigenvalue weighted by atomic mass is 10.0. The van der Waals surface area contributed by atoms with E-state index < -0.39 is 0 Å². The van der Waals surface area contributed by atoms with Crippen LogP contribution < -0.4 is 0 Å². The summed E-state index contributed by atoms with van der Waals surface area (Å²) in [5.41, 5.74) is 0. The van der Waals surface area contributed by atoms with Gasteiger partial charge in [0.1, 0.15) is 6.04 Å². The van der Waals surface area contributed by atoms with E-state index in [2.05, 4.69) is 29.7 Å². The SMILES string of the molecule is COC1CCCN(CC(=O)N2CCN(C(C#N)C(C)C)CC2)C1. The molecule has 2 unspecified atom stereocenters. The van der Waals surface area contributed by atoms with Crippen molar-refractivity contribution in [3.63, 3.8) is 0 Å². The number of carbonyl (C=O) groups is 1. The van der Waals surface area contributed by atoms with Gasteiger partial charge in [-0.25, -0.2) is 0 Å². The van der Waals surface area contributed by atoms with E-state index in [0.29, 0.717) is 12.5 Å². The van der Waals surface area contributed by atoms with Crippen molar-refractivity contribution in [2.24, 2.45) is 5.92 Å². The minimum atomic E-state index is -0.0446. The molecule has 0 bridgehead atoms. The van der Waals surface area contributed by atoms with Crippen LogP contribution in [0, 0.1) is 17.2 Å². The van der Waals surface area contributed by atoms with Crippen LogP contribution in [0.1, 0.15) is 26.7 Å². The molecule has 0 aromatic heterocycles. The maximum absolute atomic E-state index is 12.5. The predicted octanol–water partition coefficient (Wildman–Crippen LogP) is 0.790. The second-order valence-electron chi connectivity index (χ2n) is 6.97. The molecule has 0 radical (unpaired) electrons. The zero-order valence-corrected chi connectivity index (χ0v) is 14.7. The van der Waals surface area contributed by atoms with Gasteiger partial charge in [0.2, 0.25) is 5.91 Å². The van der Waals surface area contributed by atoms with Crippen LogP contribution in [0.3, 0.4) is 0 Å². The van der Waals surface area contributed by atoms with Crippen LogP contribution in [-0.4, -0.2) is 85.7 Å². The van der Waals surface area contributed by atoms with Crippen LogP contribution in [0.25, 0.3) is 0 Å². The Bertz CT molecular complexity index is 427. The molecule has 2 fully saturated rings. The molecule has 0 spiro atoms. The zero-order valence-electron chi connectivity index (χ0n) is 14.7. The van der Waals surface area contributed by atoms with Crippen LogP contribution in [0.15, 0.2) is 0 Å². The molecular formula is C17H30N4O2. The Hall–Kier alpha value is -1.16. The molecule has 2 aliphatic rings. The zero-order chi connectivity index (χ0) is 16.8. The number of nitriles is 1. The molecule has 23 heavy (non-hydrogen) atoms. The molecule has 130 valence electrons. The smallest absolute Gasteiger partial charge is 0.236 e. The van der Waals surface area contributed by atoms with Gasteiger partial charge in [0.15, 0.2) is 0 Å². The number of nitrogens with zero attached hydrogens (tertiary/aromatic N) is 4. The first kappa shape index (κ1) is 18.2. The number of hydrogen-bond donors (Lipinski definition) is 0. The van der Waals surface area contributed by atoms with Crippen LogP contribution in [0.4, 0.5) is 0 Å². The fraction of sp³-hybridized carbons (Fsp3) is 0.882. The van der Waals surface area contributed by atoms with Crippen LogP contribution in [0.5, 0.6) is 0 Å². The molecule has 1 amide bonds. The average Bonchev–Trinajstić information content (AvgIpc) is 2.56. The summed E-state index contributed by atoms with van der Waals surface area (Å²) in [6, 6.07) is 2.35. The number of piperidine rings is 1. The van der Waals surface area contributed by atoms with Crippen LogP contribution in [0.2, 0.25) is 0 Å². The number of hydrogen-bond acceptors (Lipinski definition) is 5. The van der Waals surface area contributed by atoms with E-state index in [1.807, 2.05) is 4.90 Å². The molecule has 6 nitrogen and oxygen atoms in total. The third kappa shape index (κ3) is 4.90. The van der Waals surface area contributed by atoms with Gasteiger partial charge in [-0.15, -0.1) is 0 Å². The standard InChI is InChI=1S/C17H30N4O2/c1-14(2)16(11-18)20-7-9-21(10-8-20)17(22)13-19-6-4-5-15(12-19)23-3/h14-16H,4-10,12-13H2,1-3H3. The normalized spacial score (nSPS) is 25.3. The Labute approximate surface area is 140 Å². The van der Waals surface area contributed by atoms with Gasteiger partial charge in [0, 0.05) is 39.8 Å². The molecule has 2 aliphatic heterocycles. The van der Waals surface area contributed by atoms with E-state index in [1.54, 1.807) is 7.11 Å². The van der Waals surface area contributed by atoms with Crippen molar-refractivity contribution >= 4 is 5.91 Å². The molecule has 6 heteroatoms. The van der Waals surface area contributed by atoms with Gasteiger partial charge in [0.05, 0.1) is 18.7 Å². The highest BCUT2D eigenvalue weighted by Crippen LogP contribution is 2.15. The second kappa shape index (κ2) is 8.62. The second-order valence-corrected chi connectivity index (χ2v) is 6.97. The Kier molecular flexibility index (Phi) is 6.82. The minimum Gasteiger partial charge on any atom is -0.380 e. The van der Waals surface area contributed by atoms with Crippen molar-refractivity contribution < 1.29 is 9.53 Å². The molecule has 0 saturated carbocycles.